The van der Waals surface area contributed by atoms with Crippen LogP contribution < -0.4 is 0 Å². The highest BCUT2D eigenvalue weighted by Gasteiger charge is 2.56. The third-order valence-corrected chi connectivity index (χ3v) is 8.27. The minimum Gasteiger partial charge on any atom is -0.463 e. The minimum absolute atomic E-state index is 0.0398. The number of ether oxygens (including phenoxy) is 1. The molecule has 2 fully saturated rings. The normalized spacial score (nSPS) is 44.2. The lowest BCUT2D eigenvalue weighted by molar-refractivity contribution is -0.151. The maximum atomic E-state index is 12.2. The van der Waals surface area contributed by atoms with Crippen molar-refractivity contribution in [1.29, 1.82) is 0 Å². The van der Waals surface area contributed by atoms with Gasteiger partial charge in [-0.1, -0.05) is 31.6 Å². The number of carbonyl (C=O) groups is 2. The van der Waals surface area contributed by atoms with E-state index in [0.29, 0.717) is 17.8 Å². The molecule has 4 rings (SSSR count). The first kappa shape index (κ1) is 18.0. The van der Waals surface area contributed by atoms with Gasteiger partial charge in [-0.2, -0.15) is 0 Å². The SMILES string of the molecule is CC(=O)O[C@@H]1CC[C@]2(C)C3=CC[C@]4(C)C(C(C)=O)=CC[C@@H]4[C@@H]3CC[C@H]2C1. The van der Waals surface area contributed by atoms with E-state index in [9.17, 15) is 9.59 Å². The highest BCUT2D eigenvalue weighted by atomic mass is 16.5. The smallest absolute Gasteiger partial charge is 0.302 e. The summed E-state index contributed by atoms with van der Waals surface area (Å²) in [5, 5.41) is 0. The third-order valence-electron chi connectivity index (χ3n) is 8.27. The molecule has 0 bridgehead atoms. The highest BCUT2D eigenvalue weighted by Crippen LogP contribution is 2.64. The van der Waals surface area contributed by atoms with Crippen molar-refractivity contribution in [3.05, 3.63) is 23.3 Å². The van der Waals surface area contributed by atoms with E-state index in [4.69, 9.17) is 4.74 Å². The number of hydrogen-bond acceptors (Lipinski definition) is 3. The number of fused-ring (bicyclic) bond motifs is 5. The van der Waals surface area contributed by atoms with Gasteiger partial charge < -0.3 is 4.74 Å². The molecule has 4 aliphatic rings. The van der Waals surface area contributed by atoms with Gasteiger partial charge in [-0.05, 0) is 80.6 Å². The van der Waals surface area contributed by atoms with Crippen molar-refractivity contribution < 1.29 is 14.3 Å². The molecular formula is C23H32O3. The van der Waals surface area contributed by atoms with Crippen LogP contribution in [0.2, 0.25) is 0 Å². The van der Waals surface area contributed by atoms with Gasteiger partial charge in [-0.15, -0.1) is 0 Å². The second-order valence-corrected chi connectivity index (χ2v) is 9.60. The Kier molecular flexibility index (Phi) is 4.20. The molecule has 0 aliphatic heterocycles. The number of esters is 1. The Labute approximate surface area is 157 Å². The summed E-state index contributed by atoms with van der Waals surface area (Å²) in [5.74, 6) is 1.94. The van der Waals surface area contributed by atoms with Gasteiger partial charge in [0.15, 0.2) is 5.78 Å². The van der Waals surface area contributed by atoms with Crippen LogP contribution in [0.3, 0.4) is 0 Å². The summed E-state index contributed by atoms with van der Waals surface area (Å²) in [5.41, 5.74) is 3.03. The van der Waals surface area contributed by atoms with Gasteiger partial charge in [0.1, 0.15) is 6.10 Å². The molecule has 0 aromatic carbocycles. The van der Waals surface area contributed by atoms with Crippen LogP contribution in [-0.2, 0) is 14.3 Å². The van der Waals surface area contributed by atoms with Crippen molar-refractivity contribution >= 4 is 11.8 Å². The predicted molar refractivity (Wildman–Crippen MR) is 101 cm³/mol. The molecule has 3 nitrogen and oxygen atoms in total. The van der Waals surface area contributed by atoms with Crippen molar-refractivity contribution in [2.75, 3.05) is 0 Å². The molecule has 0 aromatic heterocycles. The molecule has 0 amide bonds. The van der Waals surface area contributed by atoms with Gasteiger partial charge in [-0.3, -0.25) is 9.59 Å². The summed E-state index contributed by atoms with van der Waals surface area (Å²) in [6.45, 7) is 8.02. The third kappa shape index (κ3) is 2.53. The molecule has 26 heavy (non-hydrogen) atoms. The lowest BCUT2D eigenvalue weighted by Gasteiger charge is -2.56. The van der Waals surface area contributed by atoms with Crippen LogP contribution in [0.15, 0.2) is 23.3 Å². The lowest BCUT2D eigenvalue weighted by atomic mass is 9.48. The molecule has 0 saturated heterocycles. The molecule has 142 valence electrons. The van der Waals surface area contributed by atoms with Crippen molar-refractivity contribution in [1.82, 2.24) is 0 Å². The van der Waals surface area contributed by atoms with E-state index in [0.717, 1.165) is 37.7 Å². The Morgan fingerprint density at radius 3 is 2.54 bits per heavy atom. The Morgan fingerprint density at radius 2 is 1.85 bits per heavy atom. The highest BCUT2D eigenvalue weighted by molar-refractivity contribution is 5.95. The fourth-order valence-electron chi connectivity index (χ4n) is 6.96. The number of Topliss-reactive ketones (excluding diaryl/α,β-unsaturated/α-hetero) is 1. The number of hydrogen-bond donors (Lipinski definition) is 0. The first-order valence-corrected chi connectivity index (χ1v) is 10.3. The molecule has 2 saturated carbocycles. The molecule has 0 N–H and O–H groups in total. The van der Waals surface area contributed by atoms with Crippen LogP contribution >= 0.6 is 0 Å². The fourth-order valence-corrected chi connectivity index (χ4v) is 6.96. The lowest BCUT2D eigenvalue weighted by Crippen LogP contribution is -2.48. The van der Waals surface area contributed by atoms with Crippen LogP contribution in [0.5, 0.6) is 0 Å². The maximum Gasteiger partial charge on any atom is 0.302 e. The maximum absolute atomic E-state index is 12.2. The van der Waals surface area contributed by atoms with E-state index in [2.05, 4.69) is 26.0 Å². The molecule has 4 aliphatic carbocycles. The molecule has 0 radical (unpaired) electrons. The van der Waals surface area contributed by atoms with Gasteiger partial charge in [0.2, 0.25) is 0 Å². The van der Waals surface area contributed by atoms with E-state index in [1.54, 1.807) is 12.5 Å². The van der Waals surface area contributed by atoms with Crippen molar-refractivity contribution in [3.63, 3.8) is 0 Å². The molecule has 0 aromatic rings. The summed E-state index contributed by atoms with van der Waals surface area (Å²) in [6.07, 6.45) is 12.5. The van der Waals surface area contributed by atoms with Crippen molar-refractivity contribution in [3.8, 4) is 0 Å². The second kappa shape index (κ2) is 6.07. The van der Waals surface area contributed by atoms with E-state index < -0.39 is 0 Å². The van der Waals surface area contributed by atoms with Gasteiger partial charge in [0, 0.05) is 12.3 Å². The predicted octanol–water partition coefficient (Wildman–Crippen LogP) is 5.01. The number of carbonyl (C=O) groups excluding carboxylic acids is 2. The summed E-state index contributed by atoms with van der Waals surface area (Å²) in [4.78, 5) is 23.5. The van der Waals surface area contributed by atoms with Crippen LogP contribution in [-0.4, -0.2) is 17.9 Å². The number of ketones is 1. The van der Waals surface area contributed by atoms with Gasteiger partial charge in [0.25, 0.3) is 0 Å². The van der Waals surface area contributed by atoms with E-state index in [1.807, 2.05) is 0 Å². The molecular weight excluding hydrogens is 324 g/mol. The van der Waals surface area contributed by atoms with Gasteiger partial charge in [0.05, 0.1) is 0 Å². The quantitative estimate of drug-likeness (QED) is 0.516. The molecule has 0 spiro atoms. The zero-order chi connectivity index (χ0) is 18.7. The van der Waals surface area contributed by atoms with Crippen LogP contribution in [0.4, 0.5) is 0 Å². The Hall–Kier alpha value is -1.38. The van der Waals surface area contributed by atoms with Crippen LogP contribution in [0.1, 0.15) is 72.6 Å². The van der Waals surface area contributed by atoms with Crippen molar-refractivity contribution in [2.45, 2.75) is 78.7 Å². The average molecular weight is 357 g/mol. The first-order chi connectivity index (χ1) is 12.3. The molecule has 3 heteroatoms. The second-order valence-electron chi connectivity index (χ2n) is 9.60. The average Bonchev–Trinajstić information content (AvgIpc) is 2.92. The molecule has 0 heterocycles. The van der Waals surface area contributed by atoms with E-state index >= 15 is 0 Å². The zero-order valence-corrected chi connectivity index (χ0v) is 16.6. The van der Waals surface area contributed by atoms with Gasteiger partial charge >= 0.3 is 5.97 Å². The van der Waals surface area contributed by atoms with E-state index in [-0.39, 0.29) is 28.7 Å². The fraction of sp³-hybridized carbons (Fsp3) is 0.739. The first-order valence-electron chi connectivity index (χ1n) is 10.3. The largest absolute Gasteiger partial charge is 0.463 e. The summed E-state index contributed by atoms with van der Waals surface area (Å²) in [7, 11) is 0. The van der Waals surface area contributed by atoms with Gasteiger partial charge in [-0.25, -0.2) is 0 Å². The molecule has 0 unspecified atom stereocenters. The van der Waals surface area contributed by atoms with Crippen LogP contribution in [0, 0.1) is 28.6 Å². The standard InChI is InChI=1S/C23H32O3/c1-14(24)19-7-8-20-18-6-5-16-13-17(26-15(2)25)9-11-22(16,3)21(18)10-12-23(19,20)4/h7,10,16-18,20H,5-6,8-9,11-13H2,1-4H3/t16-,17+,18-,20+,22-,23+/m0/s1. The Balaban J connectivity index is 1.60. The monoisotopic (exact) mass is 356 g/mol. The van der Waals surface area contributed by atoms with Crippen molar-refractivity contribution in [2.24, 2.45) is 28.6 Å². The van der Waals surface area contributed by atoms with E-state index in [1.165, 1.54) is 19.8 Å². The summed E-state index contributed by atoms with van der Waals surface area (Å²) < 4.78 is 5.54. The topological polar surface area (TPSA) is 43.4 Å². The Morgan fingerprint density at radius 1 is 1.08 bits per heavy atom. The molecule has 6 atom stereocenters. The van der Waals surface area contributed by atoms with Crippen LogP contribution in [0.25, 0.3) is 0 Å². The zero-order valence-electron chi connectivity index (χ0n) is 16.6. The number of allylic oxidation sites excluding steroid dienone is 4. The Bertz CT molecular complexity index is 702. The number of rotatable bonds is 2. The summed E-state index contributed by atoms with van der Waals surface area (Å²) in [6, 6.07) is 0. The summed E-state index contributed by atoms with van der Waals surface area (Å²) >= 11 is 0. The minimum atomic E-state index is -0.145.